The molecule has 0 aromatic rings. The molecule has 5 fully saturated rings. The van der Waals surface area contributed by atoms with Gasteiger partial charge in [-0.05, 0) is 118 Å². The Balaban J connectivity index is 1.06. The number of allylic oxidation sites excluding steroid dienone is 1. The van der Waals surface area contributed by atoms with Crippen LogP contribution in [0, 0.1) is 45.8 Å². The van der Waals surface area contributed by atoms with Gasteiger partial charge in [-0.25, -0.2) is 0 Å². The van der Waals surface area contributed by atoms with E-state index < -0.39 is 5.60 Å². The van der Waals surface area contributed by atoms with Gasteiger partial charge < -0.3 is 15.1 Å². The lowest BCUT2D eigenvalue weighted by atomic mass is 9.47. The van der Waals surface area contributed by atoms with Gasteiger partial charge in [0.2, 0.25) is 5.91 Å². The molecule has 1 spiro atoms. The zero-order chi connectivity index (χ0) is 24.8. The third kappa shape index (κ3) is 3.78. The van der Waals surface area contributed by atoms with Crippen LogP contribution in [0.25, 0.3) is 0 Å². The molecule has 0 aromatic carbocycles. The number of hydrogen-bond donors (Lipinski definition) is 2. The van der Waals surface area contributed by atoms with Gasteiger partial charge in [0.1, 0.15) is 0 Å². The summed E-state index contributed by atoms with van der Waals surface area (Å²) in [7, 11) is 0. The van der Waals surface area contributed by atoms with Crippen LogP contribution in [0.15, 0.2) is 11.6 Å². The number of likely N-dealkylation sites (tertiary alicyclic amines) is 1. The van der Waals surface area contributed by atoms with Crippen molar-refractivity contribution in [2.24, 2.45) is 45.8 Å². The minimum atomic E-state index is -0.498. The first-order chi connectivity index (χ1) is 16.4. The standard InChI is InChI=1S/C31H49NO3/c1-20(5-10-27(34)32-18-31(19-32)16-28(2,35)17-31)24-8-9-25-23-7-6-21-15-22(33)11-13-29(21,3)26(23)12-14-30(24,25)4/h6,20,22-26,33,35H,5,7-19H2,1-4H3/t20-,22+,23+,24-,25+,26+,29+,30-/m1/s1. The number of aliphatic hydroxyl groups excluding tert-OH is 1. The molecular weight excluding hydrogens is 434 g/mol. The molecule has 0 bridgehead atoms. The summed E-state index contributed by atoms with van der Waals surface area (Å²) in [5.74, 6) is 4.14. The fourth-order valence-corrected chi connectivity index (χ4v) is 11.1. The van der Waals surface area contributed by atoms with Crippen molar-refractivity contribution in [3.05, 3.63) is 11.6 Å². The fourth-order valence-electron chi connectivity index (χ4n) is 11.1. The molecule has 0 aromatic heterocycles. The molecule has 1 amide bonds. The smallest absolute Gasteiger partial charge is 0.222 e. The van der Waals surface area contributed by atoms with Crippen LogP contribution < -0.4 is 0 Å². The van der Waals surface area contributed by atoms with Gasteiger partial charge in [-0.2, -0.15) is 0 Å². The second-order valence-electron chi connectivity index (χ2n) is 15.0. The Morgan fingerprint density at radius 2 is 1.83 bits per heavy atom. The summed E-state index contributed by atoms with van der Waals surface area (Å²) in [6.45, 7) is 11.2. The maximum Gasteiger partial charge on any atom is 0.222 e. The Labute approximate surface area is 212 Å². The highest BCUT2D eigenvalue weighted by Crippen LogP contribution is 2.67. The molecule has 1 heterocycles. The number of nitrogens with zero attached hydrogens (tertiary/aromatic N) is 1. The Morgan fingerprint density at radius 1 is 1.09 bits per heavy atom. The predicted octanol–water partition coefficient (Wildman–Crippen LogP) is 5.72. The van der Waals surface area contributed by atoms with Crippen LogP contribution in [-0.4, -0.2) is 45.8 Å². The van der Waals surface area contributed by atoms with Gasteiger partial charge in [0.25, 0.3) is 0 Å². The lowest BCUT2D eigenvalue weighted by molar-refractivity contribution is -0.189. The maximum atomic E-state index is 12.9. The zero-order valence-corrected chi connectivity index (χ0v) is 22.7. The predicted molar refractivity (Wildman–Crippen MR) is 138 cm³/mol. The van der Waals surface area contributed by atoms with Crippen LogP contribution in [0.5, 0.6) is 0 Å². The van der Waals surface area contributed by atoms with E-state index in [0.717, 1.165) is 68.9 Å². The van der Waals surface area contributed by atoms with E-state index in [9.17, 15) is 15.0 Å². The number of hydrogen-bond acceptors (Lipinski definition) is 3. The summed E-state index contributed by atoms with van der Waals surface area (Å²) in [4.78, 5) is 15.0. The van der Waals surface area contributed by atoms with Crippen LogP contribution in [0.1, 0.15) is 105 Å². The molecule has 6 aliphatic rings. The van der Waals surface area contributed by atoms with Gasteiger partial charge in [-0.3, -0.25) is 4.79 Å². The number of aliphatic hydroxyl groups is 2. The third-order valence-electron chi connectivity index (χ3n) is 12.6. The summed E-state index contributed by atoms with van der Waals surface area (Å²) >= 11 is 0. The maximum absolute atomic E-state index is 12.9. The first-order valence-electron chi connectivity index (χ1n) is 14.8. The van der Waals surface area contributed by atoms with Crippen molar-refractivity contribution in [3.63, 3.8) is 0 Å². The summed E-state index contributed by atoms with van der Waals surface area (Å²) in [6, 6.07) is 0. The number of amides is 1. The van der Waals surface area contributed by atoms with Crippen molar-refractivity contribution in [1.29, 1.82) is 0 Å². The van der Waals surface area contributed by atoms with Crippen LogP contribution in [0.4, 0.5) is 0 Å². The minimum Gasteiger partial charge on any atom is -0.393 e. The molecule has 6 rings (SSSR count). The average Bonchev–Trinajstić information content (AvgIpc) is 3.11. The van der Waals surface area contributed by atoms with E-state index in [1.807, 2.05) is 6.92 Å². The number of carbonyl (C=O) groups is 1. The van der Waals surface area contributed by atoms with Crippen LogP contribution >= 0.6 is 0 Å². The van der Waals surface area contributed by atoms with E-state index in [0.29, 0.717) is 29.1 Å². The van der Waals surface area contributed by atoms with Gasteiger partial charge in [-0.15, -0.1) is 0 Å². The average molecular weight is 484 g/mol. The molecule has 2 N–H and O–H groups in total. The van der Waals surface area contributed by atoms with Gasteiger partial charge >= 0.3 is 0 Å². The molecule has 0 unspecified atom stereocenters. The Kier molecular flexibility index (Phi) is 5.64. The molecule has 1 aliphatic heterocycles. The normalized spacial score (nSPS) is 45.9. The quantitative estimate of drug-likeness (QED) is 0.503. The van der Waals surface area contributed by atoms with E-state index in [1.54, 1.807) is 5.57 Å². The lowest BCUT2D eigenvalue weighted by Crippen LogP contribution is -2.68. The topological polar surface area (TPSA) is 60.8 Å². The monoisotopic (exact) mass is 483 g/mol. The van der Waals surface area contributed by atoms with Gasteiger partial charge in [0.15, 0.2) is 0 Å². The molecule has 0 radical (unpaired) electrons. The van der Waals surface area contributed by atoms with Crippen molar-refractivity contribution < 1.29 is 15.0 Å². The SMILES string of the molecule is C[C@H](CCC(=O)N1CC2(C1)CC(C)(O)C2)[C@H]1CC[C@H]2[C@@H]3CC=C4C[C@@H](O)CC[C@]4(C)[C@H]3CC[C@]12C. The minimum absolute atomic E-state index is 0.121. The summed E-state index contributed by atoms with van der Waals surface area (Å²) in [6.07, 6.45) is 15.6. The molecular formula is C31H49NO3. The van der Waals surface area contributed by atoms with E-state index in [2.05, 4.69) is 31.7 Å². The third-order valence-corrected chi connectivity index (χ3v) is 12.6. The molecule has 8 atom stereocenters. The molecule has 1 saturated heterocycles. The zero-order valence-electron chi connectivity index (χ0n) is 22.7. The lowest BCUT2D eigenvalue weighted by Gasteiger charge is -2.61. The molecule has 4 heteroatoms. The number of fused-ring (bicyclic) bond motifs is 5. The fraction of sp³-hybridized carbons (Fsp3) is 0.903. The highest BCUT2D eigenvalue weighted by molar-refractivity contribution is 5.77. The van der Waals surface area contributed by atoms with E-state index >= 15 is 0 Å². The van der Waals surface area contributed by atoms with E-state index in [4.69, 9.17) is 0 Å². The Hall–Kier alpha value is -0.870. The molecule has 5 aliphatic carbocycles. The first-order valence-corrected chi connectivity index (χ1v) is 14.8. The first kappa shape index (κ1) is 24.5. The van der Waals surface area contributed by atoms with Gasteiger partial charge in [0, 0.05) is 24.9 Å². The number of carbonyl (C=O) groups excluding carboxylic acids is 1. The molecule has 35 heavy (non-hydrogen) atoms. The Bertz CT molecular complexity index is 893. The van der Waals surface area contributed by atoms with Crippen molar-refractivity contribution in [1.82, 2.24) is 4.90 Å². The van der Waals surface area contributed by atoms with E-state index in [1.165, 1.54) is 38.5 Å². The number of rotatable bonds is 4. The van der Waals surface area contributed by atoms with Crippen molar-refractivity contribution in [2.45, 2.75) is 116 Å². The van der Waals surface area contributed by atoms with Crippen LogP contribution in [-0.2, 0) is 4.79 Å². The van der Waals surface area contributed by atoms with Crippen LogP contribution in [0.2, 0.25) is 0 Å². The summed E-state index contributed by atoms with van der Waals surface area (Å²) in [5.41, 5.74) is 2.06. The Morgan fingerprint density at radius 3 is 2.54 bits per heavy atom. The summed E-state index contributed by atoms with van der Waals surface area (Å²) in [5, 5.41) is 20.4. The largest absolute Gasteiger partial charge is 0.393 e. The van der Waals surface area contributed by atoms with Crippen LogP contribution in [0.3, 0.4) is 0 Å². The second kappa shape index (κ2) is 8.06. The second-order valence-corrected chi connectivity index (χ2v) is 15.0. The van der Waals surface area contributed by atoms with Crippen molar-refractivity contribution in [2.75, 3.05) is 13.1 Å². The van der Waals surface area contributed by atoms with E-state index in [-0.39, 0.29) is 11.5 Å². The van der Waals surface area contributed by atoms with Gasteiger partial charge in [0.05, 0.1) is 11.7 Å². The highest BCUT2D eigenvalue weighted by atomic mass is 16.3. The highest BCUT2D eigenvalue weighted by Gasteiger charge is 2.60. The van der Waals surface area contributed by atoms with Gasteiger partial charge in [-0.1, -0.05) is 32.4 Å². The summed E-state index contributed by atoms with van der Waals surface area (Å²) < 4.78 is 0. The van der Waals surface area contributed by atoms with Crippen molar-refractivity contribution >= 4 is 5.91 Å². The molecule has 4 saturated carbocycles. The molecule has 196 valence electrons. The molecule has 4 nitrogen and oxygen atoms in total. The van der Waals surface area contributed by atoms with Crippen molar-refractivity contribution in [3.8, 4) is 0 Å².